The Labute approximate surface area is 121 Å². The normalized spacial score (nSPS) is 11.2. The van der Waals surface area contributed by atoms with Crippen molar-refractivity contribution in [2.75, 3.05) is 0 Å². The maximum Gasteiger partial charge on any atom is 0.217 e. The van der Waals surface area contributed by atoms with Gasteiger partial charge >= 0.3 is 0 Å². The van der Waals surface area contributed by atoms with Gasteiger partial charge in [-0.05, 0) is 22.8 Å². The van der Waals surface area contributed by atoms with Gasteiger partial charge in [0.25, 0.3) is 0 Å². The highest BCUT2D eigenvalue weighted by atomic mass is 35.6. The van der Waals surface area contributed by atoms with Crippen LogP contribution >= 0.6 is 11.1 Å². The van der Waals surface area contributed by atoms with Crippen LogP contribution in [0.1, 0.15) is 12.8 Å². The number of allylic oxidation sites excluding steroid dienone is 1. The van der Waals surface area contributed by atoms with Gasteiger partial charge < -0.3 is 0 Å². The monoisotopic (exact) mass is 286 g/mol. The van der Waals surface area contributed by atoms with Gasteiger partial charge in [0.2, 0.25) is 7.38 Å². The molecular weight excluding hydrogens is 268 g/mol. The molecule has 0 aliphatic rings. The van der Waals surface area contributed by atoms with Crippen LogP contribution in [0.25, 0.3) is 0 Å². The van der Waals surface area contributed by atoms with Gasteiger partial charge in [0.15, 0.2) is 0 Å². The summed E-state index contributed by atoms with van der Waals surface area (Å²) in [5.74, 6) is 0. The average molecular weight is 287 g/mol. The van der Waals surface area contributed by atoms with Crippen molar-refractivity contribution in [3.05, 3.63) is 73.3 Å². The predicted octanol–water partition coefficient (Wildman–Crippen LogP) is 3.95. The van der Waals surface area contributed by atoms with Crippen LogP contribution in [-0.2, 0) is 0 Å². The first-order valence-electron chi connectivity index (χ1n) is 6.68. The van der Waals surface area contributed by atoms with Crippen LogP contribution in [0.5, 0.6) is 0 Å². The molecule has 0 fully saturated rings. The van der Waals surface area contributed by atoms with Crippen molar-refractivity contribution >= 4 is 28.8 Å². The SMILES string of the molecule is C=CCCC[Si](Cl)(c1ccccc1)c1ccccc1. The predicted molar refractivity (Wildman–Crippen MR) is 88.0 cm³/mol. The number of benzene rings is 2. The number of halogens is 1. The molecule has 2 aromatic carbocycles. The number of hydrogen-bond acceptors (Lipinski definition) is 0. The summed E-state index contributed by atoms with van der Waals surface area (Å²) in [5, 5.41) is 2.60. The van der Waals surface area contributed by atoms with Crippen molar-refractivity contribution in [1.29, 1.82) is 0 Å². The molecule has 19 heavy (non-hydrogen) atoms. The van der Waals surface area contributed by atoms with Gasteiger partial charge in [-0.3, -0.25) is 0 Å². The van der Waals surface area contributed by atoms with E-state index in [-0.39, 0.29) is 0 Å². The van der Waals surface area contributed by atoms with E-state index in [0.29, 0.717) is 0 Å². The summed E-state index contributed by atoms with van der Waals surface area (Å²) in [6.45, 7) is 3.80. The van der Waals surface area contributed by atoms with Crippen LogP contribution in [0.15, 0.2) is 73.3 Å². The first-order valence-corrected chi connectivity index (χ1v) is 9.90. The molecule has 98 valence electrons. The Bertz CT molecular complexity index is 468. The lowest BCUT2D eigenvalue weighted by molar-refractivity contribution is 0.948. The van der Waals surface area contributed by atoms with Gasteiger partial charge in [-0.1, -0.05) is 73.2 Å². The topological polar surface area (TPSA) is 0 Å². The zero-order valence-electron chi connectivity index (χ0n) is 11.1. The van der Waals surface area contributed by atoms with Gasteiger partial charge in [0.05, 0.1) is 0 Å². The van der Waals surface area contributed by atoms with Crippen LogP contribution in [0.2, 0.25) is 6.04 Å². The molecule has 0 aliphatic carbocycles. The average Bonchev–Trinajstić information content (AvgIpc) is 2.49. The lowest BCUT2D eigenvalue weighted by atomic mass is 10.3. The van der Waals surface area contributed by atoms with Gasteiger partial charge in [-0.2, -0.15) is 11.1 Å². The van der Waals surface area contributed by atoms with Gasteiger partial charge in [0.1, 0.15) is 0 Å². The smallest absolute Gasteiger partial charge is 0.155 e. The molecule has 0 aromatic heterocycles. The zero-order valence-corrected chi connectivity index (χ0v) is 12.8. The second-order valence-corrected chi connectivity index (χ2v) is 9.91. The first-order chi connectivity index (χ1) is 9.27. The molecule has 0 spiro atoms. The minimum Gasteiger partial charge on any atom is -0.155 e. The fourth-order valence-corrected chi connectivity index (χ4v) is 6.55. The minimum absolute atomic E-state index is 1.03. The van der Waals surface area contributed by atoms with Crippen molar-refractivity contribution < 1.29 is 0 Å². The van der Waals surface area contributed by atoms with E-state index in [1.165, 1.54) is 10.4 Å². The molecule has 0 bridgehead atoms. The third-order valence-corrected chi connectivity index (χ3v) is 8.81. The summed E-state index contributed by atoms with van der Waals surface area (Å²) < 4.78 is 0. The van der Waals surface area contributed by atoms with E-state index < -0.39 is 7.38 Å². The maximum atomic E-state index is 7.13. The third kappa shape index (κ3) is 3.37. The highest BCUT2D eigenvalue weighted by molar-refractivity contribution is 7.34. The Morgan fingerprint density at radius 3 is 1.79 bits per heavy atom. The van der Waals surface area contributed by atoms with Crippen molar-refractivity contribution in [3.8, 4) is 0 Å². The van der Waals surface area contributed by atoms with E-state index in [1.54, 1.807) is 0 Å². The van der Waals surface area contributed by atoms with E-state index in [1.807, 2.05) is 18.2 Å². The van der Waals surface area contributed by atoms with Crippen molar-refractivity contribution in [1.82, 2.24) is 0 Å². The standard InChI is InChI=1S/C17H19ClSi/c1-2-3-10-15-19(18,16-11-6-4-7-12-16)17-13-8-5-9-14-17/h2,4-9,11-14H,1,3,10,15H2. The van der Waals surface area contributed by atoms with Crippen LogP contribution in [0.3, 0.4) is 0 Å². The summed E-state index contributed by atoms with van der Waals surface area (Å²) >= 11 is 7.13. The summed E-state index contributed by atoms with van der Waals surface area (Å²) in [5.41, 5.74) is 0. The molecule has 0 unspecified atom stereocenters. The zero-order chi connectivity index (χ0) is 13.6. The van der Waals surface area contributed by atoms with Crippen molar-refractivity contribution in [3.63, 3.8) is 0 Å². The van der Waals surface area contributed by atoms with E-state index >= 15 is 0 Å². The third-order valence-electron chi connectivity index (χ3n) is 3.39. The van der Waals surface area contributed by atoms with Crippen LogP contribution in [0.4, 0.5) is 0 Å². The molecule has 0 saturated carbocycles. The van der Waals surface area contributed by atoms with Gasteiger partial charge in [0, 0.05) is 0 Å². The molecule has 2 aromatic rings. The molecule has 0 nitrogen and oxygen atoms in total. The molecule has 0 N–H and O–H groups in total. The second kappa shape index (κ2) is 6.74. The van der Waals surface area contributed by atoms with Crippen molar-refractivity contribution in [2.45, 2.75) is 18.9 Å². The van der Waals surface area contributed by atoms with Gasteiger partial charge in [-0.15, -0.1) is 6.58 Å². The molecule has 0 heterocycles. The minimum atomic E-state index is -2.11. The summed E-state index contributed by atoms with van der Waals surface area (Å²) in [7, 11) is -2.11. The quantitative estimate of drug-likeness (QED) is 0.326. The van der Waals surface area contributed by atoms with E-state index in [4.69, 9.17) is 11.1 Å². The molecule has 2 rings (SSSR count). The van der Waals surface area contributed by atoms with Crippen LogP contribution in [-0.4, -0.2) is 7.38 Å². The molecule has 0 aliphatic heterocycles. The van der Waals surface area contributed by atoms with E-state index in [9.17, 15) is 0 Å². The molecule has 0 radical (unpaired) electrons. The summed E-state index contributed by atoms with van der Waals surface area (Å²) in [4.78, 5) is 0. The Balaban J connectivity index is 2.35. The lowest BCUT2D eigenvalue weighted by Crippen LogP contribution is -2.53. The first kappa shape index (κ1) is 14.1. The Hall–Kier alpha value is -1.31. The van der Waals surface area contributed by atoms with E-state index in [0.717, 1.165) is 18.9 Å². The molecule has 0 saturated heterocycles. The Morgan fingerprint density at radius 2 is 1.37 bits per heavy atom. The Morgan fingerprint density at radius 1 is 0.895 bits per heavy atom. The second-order valence-electron chi connectivity index (χ2n) is 4.71. The maximum absolute atomic E-state index is 7.13. The summed E-state index contributed by atoms with van der Waals surface area (Å²) in [6.07, 6.45) is 4.10. The largest absolute Gasteiger partial charge is 0.217 e. The highest BCUT2D eigenvalue weighted by Gasteiger charge is 2.34. The fourth-order valence-electron chi connectivity index (χ4n) is 2.35. The molecular formula is C17H19ClSi. The van der Waals surface area contributed by atoms with Crippen LogP contribution in [0, 0.1) is 0 Å². The fraction of sp³-hybridized carbons (Fsp3) is 0.176. The molecule has 0 amide bonds. The summed E-state index contributed by atoms with van der Waals surface area (Å²) in [6, 6.07) is 22.1. The highest BCUT2D eigenvalue weighted by Crippen LogP contribution is 2.19. The van der Waals surface area contributed by atoms with Gasteiger partial charge in [-0.25, -0.2) is 0 Å². The molecule has 2 heteroatoms. The van der Waals surface area contributed by atoms with Crippen LogP contribution < -0.4 is 10.4 Å². The number of unbranched alkanes of at least 4 members (excludes halogenated alkanes) is 1. The number of rotatable bonds is 6. The Kier molecular flexibility index (Phi) is 5.00. The van der Waals surface area contributed by atoms with E-state index in [2.05, 4.69) is 55.1 Å². The molecule has 0 atom stereocenters. The van der Waals surface area contributed by atoms with Crippen molar-refractivity contribution in [2.24, 2.45) is 0 Å². The lowest BCUT2D eigenvalue weighted by Gasteiger charge is -2.25. The number of hydrogen-bond donors (Lipinski definition) is 0.